The lowest BCUT2D eigenvalue weighted by molar-refractivity contribution is 0.122. The molecule has 15 heavy (non-hydrogen) atoms. The minimum Gasteiger partial charge on any atom is -0.378 e. The van der Waals surface area contributed by atoms with E-state index in [9.17, 15) is 0 Å². The van der Waals surface area contributed by atoms with Crippen molar-refractivity contribution in [3.8, 4) is 0 Å². The number of ether oxygens (including phenoxy) is 1. The van der Waals surface area contributed by atoms with Gasteiger partial charge in [0.05, 0.1) is 23.9 Å². The molecule has 1 saturated heterocycles. The zero-order valence-corrected chi connectivity index (χ0v) is 9.20. The molecule has 82 valence electrons. The van der Waals surface area contributed by atoms with E-state index >= 15 is 0 Å². The van der Waals surface area contributed by atoms with Crippen LogP contribution in [0.5, 0.6) is 0 Å². The Labute approximate surface area is 94.0 Å². The van der Waals surface area contributed by atoms with Gasteiger partial charge in [-0.3, -0.25) is 0 Å². The second kappa shape index (κ2) is 4.79. The molecule has 0 spiro atoms. The number of hydrogen-bond acceptors (Lipinski definition) is 4. The number of nitrogens with zero attached hydrogens (tertiary/aromatic N) is 2. The standard InChI is InChI=1S/C10H14ClN3O/c11-8-1-2-10(13-9(8)7-12)14-3-5-15-6-4-14/h1-2H,3-7,12H2. The van der Waals surface area contributed by atoms with Crippen LogP contribution in [0.2, 0.25) is 5.02 Å². The minimum atomic E-state index is 0.372. The highest BCUT2D eigenvalue weighted by atomic mass is 35.5. The van der Waals surface area contributed by atoms with Crippen LogP contribution in [0.25, 0.3) is 0 Å². The highest BCUT2D eigenvalue weighted by molar-refractivity contribution is 6.31. The Bertz CT molecular complexity index is 339. The van der Waals surface area contributed by atoms with E-state index < -0.39 is 0 Å². The summed E-state index contributed by atoms with van der Waals surface area (Å²) in [7, 11) is 0. The second-order valence-corrected chi connectivity index (χ2v) is 3.81. The molecule has 1 aliphatic rings. The van der Waals surface area contributed by atoms with Gasteiger partial charge in [0.2, 0.25) is 0 Å². The summed E-state index contributed by atoms with van der Waals surface area (Å²) in [5, 5.41) is 0.634. The van der Waals surface area contributed by atoms with E-state index in [0.717, 1.165) is 37.8 Å². The second-order valence-electron chi connectivity index (χ2n) is 3.40. The normalized spacial score (nSPS) is 16.8. The lowest BCUT2D eigenvalue weighted by Crippen LogP contribution is -2.36. The van der Waals surface area contributed by atoms with Crippen molar-refractivity contribution < 1.29 is 4.74 Å². The van der Waals surface area contributed by atoms with Gasteiger partial charge in [-0.15, -0.1) is 0 Å². The molecule has 0 aliphatic carbocycles. The largest absolute Gasteiger partial charge is 0.378 e. The van der Waals surface area contributed by atoms with Crippen molar-refractivity contribution in [3.63, 3.8) is 0 Å². The van der Waals surface area contributed by atoms with E-state index in [2.05, 4.69) is 9.88 Å². The zero-order valence-electron chi connectivity index (χ0n) is 8.45. The predicted molar refractivity (Wildman–Crippen MR) is 60.2 cm³/mol. The van der Waals surface area contributed by atoms with Gasteiger partial charge < -0.3 is 15.4 Å². The van der Waals surface area contributed by atoms with Crippen molar-refractivity contribution in [1.82, 2.24) is 4.98 Å². The molecule has 0 atom stereocenters. The Hall–Kier alpha value is -0.840. The van der Waals surface area contributed by atoms with E-state index in [1.54, 1.807) is 0 Å². The van der Waals surface area contributed by atoms with Gasteiger partial charge in [-0.1, -0.05) is 11.6 Å². The van der Waals surface area contributed by atoms with E-state index in [-0.39, 0.29) is 0 Å². The van der Waals surface area contributed by atoms with E-state index in [1.807, 2.05) is 12.1 Å². The lowest BCUT2D eigenvalue weighted by atomic mass is 10.3. The SMILES string of the molecule is NCc1nc(N2CCOCC2)ccc1Cl. The number of nitrogens with two attached hydrogens (primary N) is 1. The van der Waals surface area contributed by atoms with Crippen molar-refractivity contribution in [3.05, 3.63) is 22.8 Å². The maximum atomic E-state index is 5.95. The molecule has 1 aliphatic heterocycles. The Kier molecular flexibility index (Phi) is 3.41. The van der Waals surface area contributed by atoms with Crippen molar-refractivity contribution in [2.45, 2.75) is 6.54 Å². The first-order chi connectivity index (χ1) is 7.31. The number of halogens is 1. The summed E-state index contributed by atoms with van der Waals surface area (Å²) < 4.78 is 5.28. The molecule has 0 amide bonds. The minimum absolute atomic E-state index is 0.372. The van der Waals surface area contributed by atoms with E-state index in [0.29, 0.717) is 11.6 Å². The quantitative estimate of drug-likeness (QED) is 0.820. The third-order valence-corrected chi connectivity index (χ3v) is 2.78. The molecule has 0 aromatic carbocycles. The van der Waals surface area contributed by atoms with Crippen molar-refractivity contribution >= 4 is 17.4 Å². The van der Waals surface area contributed by atoms with Gasteiger partial charge in [0.1, 0.15) is 5.82 Å². The van der Waals surface area contributed by atoms with Gasteiger partial charge in [-0.05, 0) is 12.1 Å². The van der Waals surface area contributed by atoms with Gasteiger partial charge in [0, 0.05) is 19.6 Å². The third-order valence-electron chi connectivity index (χ3n) is 2.43. The molecule has 0 unspecified atom stereocenters. The molecule has 2 N–H and O–H groups in total. The predicted octanol–water partition coefficient (Wildman–Crippen LogP) is 1.03. The average molecular weight is 228 g/mol. The molecule has 2 heterocycles. The number of aromatic nitrogens is 1. The zero-order chi connectivity index (χ0) is 10.7. The van der Waals surface area contributed by atoms with Crippen molar-refractivity contribution in [2.24, 2.45) is 5.73 Å². The molecule has 1 fully saturated rings. The maximum absolute atomic E-state index is 5.95. The first kappa shape index (κ1) is 10.7. The average Bonchev–Trinajstić information content (AvgIpc) is 2.31. The monoisotopic (exact) mass is 227 g/mol. The Morgan fingerprint density at radius 2 is 2.13 bits per heavy atom. The van der Waals surface area contributed by atoms with Crippen molar-refractivity contribution in [1.29, 1.82) is 0 Å². The van der Waals surface area contributed by atoms with Gasteiger partial charge in [0.25, 0.3) is 0 Å². The molecule has 4 nitrogen and oxygen atoms in total. The van der Waals surface area contributed by atoms with Crippen LogP contribution < -0.4 is 10.6 Å². The Morgan fingerprint density at radius 3 is 2.80 bits per heavy atom. The van der Waals surface area contributed by atoms with Crippen LogP contribution in [0.3, 0.4) is 0 Å². The summed E-state index contributed by atoms with van der Waals surface area (Å²) in [4.78, 5) is 6.61. The van der Waals surface area contributed by atoms with Crippen LogP contribution in [0.1, 0.15) is 5.69 Å². The number of morpholine rings is 1. The van der Waals surface area contributed by atoms with Gasteiger partial charge in [-0.2, -0.15) is 0 Å². The summed E-state index contributed by atoms with van der Waals surface area (Å²) in [6.07, 6.45) is 0. The maximum Gasteiger partial charge on any atom is 0.129 e. The number of hydrogen-bond donors (Lipinski definition) is 1. The van der Waals surface area contributed by atoms with Gasteiger partial charge >= 0.3 is 0 Å². The topological polar surface area (TPSA) is 51.4 Å². The van der Waals surface area contributed by atoms with Gasteiger partial charge in [0.15, 0.2) is 0 Å². The van der Waals surface area contributed by atoms with E-state index in [1.165, 1.54) is 0 Å². The summed E-state index contributed by atoms with van der Waals surface area (Å²) in [6.45, 7) is 3.62. The van der Waals surface area contributed by atoms with Crippen LogP contribution in [-0.2, 0) is 11.3 Å². The van der Waals surface area contributed by atoms with Crippen LogP contribution in [0.15, 0.2) is 12.1 Å². The Morgan fingerprint density at radius 1 is 1.40 bits per heavy atom. The fourth-order valence-electron chi connectivity index (χ4n) is 1.58. The number of rotatable bonds is 2. The summed E-state index contributed by atoms with van der Waals surface area (Å²) in [5.41, 5.74) is 6.31. The lowest BCUT2D eigenvalue weighted by Gasteiger charge is -2.28. The van der Waals surface area contributed by atoms with Crippen LogP contribution in [0.4, 0.5) is 5.82 Å². The fraction of sp³-hybridized carbons (Fsp3) is 0.500. The van der Waals surface area contributed by atoms with Crippen LogP contribution in [-0.4, -0.2) is 31.3 Å². The highest BCUT2D eigenvalue weighted by Crippen LogP contribution is 2.19. The molecule has 0 bridgehead atoms. The Balaban J connectivity index is 2.20. The molecule has 5 heteroatoms. The number of anilines is 1. The summed E-state index contributed by atoms with van der Waals surface area (Å²) >= 11 is 5.95. The smallest absolute Gasteiger partial charge is 0.129 e. The number of pyridine rings is 1. The first-order valence-corrected chi connectivity index (χ1v) is 5.37. The third kappa shape index (κ3) is 2.40. The van der Waals surface area contributed by atoms with Gasteiger partial charge in [-0.25, -0.2) is 4.98 Å². The van der Waals surface area contributed by atoms with Crippen LogP contribution >= 0.6 is 11.6 Å². The summed E-state index contributed by atoms with van der Waals surface area (Å²) in [5.74, 6) is 0.933. The van der Waals surface area contributed by atoms with E-state index in [4.69, 9.17) is 22.1 Å². The molecule has 0 saturated carbocycles. The molecule has 1 aromatic rings. The molecular formula is C10H14ClN3O. The highest BCUT2D eigenvalue weighted by Gasteiger charge is 2.13. The molecule has 0 radical (unpaired) electrons. The summed E-state index contributed by atoms with van der Waals surface area (Å²) in [6, 6.07) is 3.77. The molecular weight excluding hydrogens is 214 g/mol. The molecule has 1 aromatic heterocycles. The fourth-order valence-corrected chi connectivity index (χ4v) is 1.77. The first-order valence-electron chi connectivity index (χ1n) is 4.99. The molecule has 2 rings (SSSR count). The van der Waals surface area contributed by atoms with Crippen molar-refractivity contribution in [2.75, 3.05) is 31.2 Å². The van der Waals surface area contributed by atoms with Crippen LogP contribution in [0, 0.1) is 0 Å².